The second-order valence-corrected chi connectivity index (χ2v) is 9.51. The molecule has 0 unspecified atom stereocenters. The quantitative estimate of drug-likeness (QED) is 0.474. The number of nitrogens with zero attached hydrogens (tertiary/aromatic N) is 2. The van der Waals surface area contributed by atoms with E-state index < -0.39 is 17.0 Å². The first-order chi connectivity index (χ1) is 16.9. The molecule has 0 aliphatic carbocycles. The van der Waals surface area contributed by atoms with Gasteiger partial charge in [-0.25, -0.2) is 4.39 Å². The van der Waals surface area contributed by atoms with Crippen molar-refractivity contribution in [2.24, 2.45) is 0 Å². The summed E-state index contributed by atoms with van der Waals surface area (Å²) in [6.07, 6.45) is 4.49. The fourth-order valence-corrected chi connectivity index (χ4v) is 4.94. The van der Waals surface area contributed by atoms with Gasteiger partial charge in [0.25, 0.3) is 11.1 Å². The molecule has 2 aromatic rings. The second-order valence-electron chi connectivity index (χ2n) is 8.11. The summed E-state index contributed by atoms with van der Waals surface area (Å²) < 4.78 is 25.2. The summed E-state index contributed by atoms with van der Waals surface area (Å²) in [6, 6.07) is 9.35. The maximum atomic E-state index is 14.1. The lowest BCUT2D eigenvalue weighted by atomic mass is 10.1. The van der Waals surface area contributed by atoms with Crippen LogP contribution in [-0.2, 0) is 16.2 Å². The Balaban J connectivity index is 1.49. The van der Waals surface area contributed by atoms with E-state index in [0.717, 1.165) is 35.9 Å². The summed E-state index contributed by atoms with van der Waals surface area (Å²) in [6.45, 7) is 0.915. The number of hydrogen-bond acceptors (Lipinski definition) is 6. The molecule has 0 N–H and O–H groups in total. The summed E-state index contributed by atoms with van der Waals surface area (Å²) in [4.78, 5) is 40.8. The number of amides is 3. The number of carbonyl (C=O) groups excluding carboxylic acids is 3. The third-order valence-electron chi connectivity index (χ3n) is 5.79. The van der Waals surface area contributed by atoms with Crippen LogP contribution in [0.1, 0.15) is 30.4 Å². The van der Waals surface area contributed by atoms with Crippen LogP contribution >= 0.6 is 23.4 Å². The van der Waals surface area contributed by atoms with E-state index in [1.165, 1.54) is 19.2 Å². The molecule has 2 fully saturated rings. The van der Waals surface area contributed by atoms with Crippen LogP contribution in [-0.4, -0.2) is 53.6 Å². The van der Waals surface area contributed by atoms with Gasteiger partial charge >= 0.3 is 0 Å². The molecule has 0 aromatic heterocycles. The Morgan fingerprint density at radius 3 is 2.63 bits per heavy atom. The van der Waals surface area contributed by atoms with Gasteiger partial charge in [0.15, 0.2) is 11.5 Å². The molecule has 7 nitrogen and oxygen atoms in total. The van der Waals surface area contributed by atoms with Crippen molar-refractivity contribution in [3.8, 4) is 11.5 Å². The molecule has 10 heteroatoms. The lowest BCUT2D eigenvalue weighted by Gasteiger charge is -2.27. The third-order valence-corrected chi connectivity index (χ3v) is 7.06. The number of methoxy groups -OCH3 is 1. The van der Waals surface area contributed by atoms with E-state index in [1.54, 1.807) is 35.2 Å². The molecule has 2 aliphatic rings. The number of thioether (sulfide) groups is 1. The van der Waals surface area contributed by atoms with E-state index >= 15 is 0 Å². The number of halogens is 2. The fraction of sp³-hybridized carbons (Fsp3) is 0.320. The van der Waals surface area contributed by atoms with Gasteiger partial charge < -0.3 is 14.4 Å². The van der Waals surface area contributed by atoms with Crippen molar-refractivity contribution in [3.63, 3.8) is 0 Å². The Hall–Kier alpha value is -3.04. The summed E-state index contributed by atoms with van der Waals surface area (Å²) in [5, 5.41) is -0.237. The van der Waals surface area contributed by atoms with E-state index in [0.29, 0.717) is 30.2 Å². The monoisotopic (exact) mass is 518 g/mol. The first-order valence-corrected chi connectivity index (χ1v) is 12.3. The number of hydrogen-bond donors (Lipinski definition) is 0. The van der Waals surface area contributed by atoms with Gasteiger partial charge in [0.2, 0.25) is 5.91 Å². The topological polar surface area (TPSA) is 76.2 Å². The average molecular weight is 519 g/mol. The summed E-state index contributed by atoms with van der Waals surface area (Å²) in [7, 11) is 1.47. The molecule has 4 rings (SSSR count). The number of imide groups is 1. The highest BCUT2D eigenvalue weighted by atomic mass is 35.5. The Labute approximate surface area is 211 Å². The van der Waals surface area contributed by atoms with Gasteiger partial charge in [-0.3, -0.25) is 19.3 Å². The number of ether oxygens (including phenoxy) is 2. The van der Waals surface area contributed by atoms with Gasteiger partial charge in [0.05, 0.1) is 17.0 Å². The highest BCUT2D eigenvalue weighted by Gasteiger charge is 2.37. The van der Waals surface area contributed by atoms with E-state index in [2.05, 4.69) is 0 Å². The van der Waals surface area contributed by atoms with E-state index in [9.17, 15) is 18.8 Å². The summed E-state index contributed by atoms with van der Waals surface area (Å²) in [5.74, 6) is -0.489. The molecule has 2 aliphatic heterocycles. The second kappa shape index (κ2) is 11.1. The molecule has 0 spiro atoms. The highest BCUT2D eigenvalue weighted by molar-refractivity contribution is 8.18. The Morgan fingerprint density at radius 1 is 1.14 bits per heavy atom. The van der Waals surface area contributed by atoms with Crippen LogP contribution in [0.15, 0.2) is 41.3 Å². The first kappa shape index (κ1) is 25.1. The van der Waals surface area contributed by atoms with Gasteiger partial charge in [0.1, 0.15) is 19.0 Å². The number of rotatable bonds is 7. The zero-order valence-electron chi connectivity index (χ0n) is 19.1. The lowest BCUT2D eigenvalue weighted by molar-refractivity contribution is -0.136. The maximum absolute atomic E-state index is 14.1. The molecule has 0 bridgehead atoms. The SMILES string of the molecule is COc1ccc(/C=C2\SC(=O)N(CC(=O)N3CCCCC3)C2=O)cc1OCc1c(F)cccc1Cl. The number of likely N-dealkylation sites (tertiary alicyclic amines) is 1. The molecule has 0 saturated carbocycles. The Kier molecular flexibility index (Phi) is 7.97. The van der Waals surface area contributed by atoms with E-state index in [1.807, 2.05) is 0 Å². The smallest absolute Gasteiger partial charge is 0.294 e. The van der Waals surface area contributed by atoms with Crippen LogP contribution in [0.2, 0.25) is 5.02 Å². The summed E-state index contributed by atoms with van der Waals surface area (Å²) >= 11 is 6.86. The van der Waals surface area contributed by atoms with Crippen molar-refractivity contribution in [2.75, 3.05) is 26.7 Å². The van der Waals surface area contributed by atoms with Crippen LogP contribution in [0.25, 0.3) is 6.08 Å². The molecule has 2 heterocycles. The largest absolute Gasteiger partial charge is 0.493 e. The van der Waals surface area contributed by atoms with Gasteiger partial charge in [0, 0.05) is 18.7 Å². The van der Waals surface area contributed by atoms with Crippen molar-refractivity contribution in [1.82, 2.24) is 9.80 Å². The molecular formula is C25H24ClFN2O5S. The molecule has 2 aromatic carbocycles. The zero-order valence-corrected chi connectivity index (χ0v) is 20.7. The highest BCUT2D eigenvalue weighted by Crippen LogP contribution is 2.35. The predicted octanol–water partition coefficient (Wildman–Crippen LogP) is 5.12. The Morgan fingerprint density at radius 2 is 1.91 bits per heavy atom. The van der Waals surface area contributed by atoms with Crippen LogP contribution in [0, 0.1) is 5.82 Å². The minimum atomic E-state index is -0.512. The first-order valence-electron chi connectivity index (χ1n) is 11.1. The zero-order chi connectivity index (χ0) is 24.9. The van der Waals surface area contributed by atoms with Gasteiger partial charge in [-0.2, -0.15) is 0 Å². The molecular weight excluding hydrogens is 495 g/mol. The molecule has 2 saturated heterocycles. The maximum Gasteiger partial charge on any atom is 0.294 e. The number of piperidine rings is 1. The van der Waals surface area contributed by atoms with Crippen LogP contribution in [0.5, 0.6) is 11.5 Å². The van der Waals surface area contributed by atoms with Crippen molar-refractivity contribution in [2.45, 2.75) is 25.9 Å². The predicted molar refractivity (Wildman–Crippen MR) is 132 cm³/mol. The fourth-order valence-electron chi connectivity index (χ4n) is 3.88. The lowest BCUT2D eigenvalue weighted by Crippen LogP contribution is -2.44. The molecule has 35 heavy (non-hydrogen) atoms. The van der Waals surface area contributed by atoms with E-state index in [-0.39, 0.29) is 34.6 Å². The molecule has 184 valence electrons. The van der Waals surface area contributed by atoms with Crippen molar-refractivity contribution in [1.29, 1.82) is 0 Å². The van der Waals surface area contributed by atoms with Gasteiger partial charge in [-0.05, 0) is 66.9 Å². The molecule has 3 amide bonds. The molecule has 0 radical (unpaired) electrons. The minimum absolute atomic E-state index is 0.125. The summed E-state index contributed by atoms with van der Waals surface area (Å²) in [5.41, 5.74) is 0.786. The van der Waals surface area contributed by atoms with Crippen LogP contribution in [0.3, 0.4) is 0 Å². The van der Waals surface area contributed by atoms with E-state index in [4.69, 9.17) is 21.1 Å². The normalized spacial score (nSPS) is 17.3. The molecule has 0 atom stereocenters. The number of benzene rings is 2. The van der Waals surface area contributed by atoms with Crippen molar-refractivity contribution in [3.05, 3.63) is 63.3 Å². The number of carbonyl (C=O) groups is 3. The van der Waals surface area contributed by atoms with Gasteiger partial charge in [-0.15, -0.1) is 0 Å². The van der Waals surface area contributed by atoms with Crippen molar-refractivity contribution < 1.29 is 28.2 Å². The Bertz CT molecular complexity index is 1160. The van der Waals surface area contributed by atoms with Crippen LogP contribution in [0.4, 0.5) is 9.18 Å². The van der Waals surface area contributed by atoms with Gasteiger partial charge in [-0.1, -0.05) is 23.7 Å². The van der Waals surface area contributed by atoms with Crippen LogP contribution < -0.4 is 9.47 Å². The van der Waals surface area contributed by atoms with Crippen molar-refractivity contribution >= 4 is 46.5 Å². The minimum Gasteiger partial charge on any atom is -0.493 e. The average Bonchev–Trinajstić information content (AvgIpc) is 3.11. The standard InChI is InChI=1S/C25H24ClFN2O5S/c1-33-20-9-8-16(12-21(20)34-15-17-18(26)6-5-7-19(17)27)13-22-24(31)29(25(32)35-22)14-23(30)28-10-3-2-4-11-28/h5-9,12-13H,2-4,10-11,14-15H2,1H3/b22-13-. The third kappa shape index (κ3) is 5.79.